The van der Waals surface area contributed by atoms with Crippen LogP contribution in [0.2, 0.25) is 0 Å². The van der Waals surface area contributed by atoms with Crippen molar-refractivity contribution in [3.05, 3.63) is 53.3 Å². The first-order valence-corrected chi connectivity index (χ1v) is 10.4. The zero-order chi connectivity index (χ0) is 22.1. The largest absolute Gasteiger partial charge is 0.433 e. The fraction of sp³-hybridized carbons (Fsp3) is 0.316. The van der Waals surface area contributed by atoms with Crippen molar-refractivity contribution in [2.24, 2.45) is 4.40 Å². The van der Waals surface area contributed by atoms with E-state index in [4.69, 9.17) is 0 Å². The van der Waals surface area contributed by atoms with Crippen LogP contribution in [0.5, 0.6) is 0 Å². The van der Waals surface area contributed by atoms with Crippen LogP contribution < -0.4 is 5.32 Å². The Balaban J connectivity index is 1.83. The summed E-state index contributed by atoms with van der Waals surface area (Å²) in [5.74, 6) is -0.235. The second kappa shape index (κ2) is 8.05. The highest BCUT2D eigenvalue weighted by Crippen LogP contribution is 2.28. The van der Waals surface area contributed by atoms with Gasteiger partial charge in [-0.1, -0.05) is 6.07 Å². The summed E-state index contributed by atoms with van der Waals surface area (Å²) < 4.78 is 67.3. The number of amidine groups is 1. The van der Waals surface area contributed by atoms with Crippen LogP contribution in [0.25, 0.3) is 0 Å². The highest BCUT2D eigenvalue weighted by molar-refractivity contribution is 7.90. The number of hydrogen-bond acceptors (Lipinski definition) is 4. The number of pyridine rings is 1. The molecule has 1 aromatic carbocycles. The van der Waals surface area contributed by atoms with Gasteiger partial charge in [-0.2, -0.15) is 21.6 Å². The minimum absolute atomic E-state index is 0.0518. The maximum Gasteiger partial charge on any atom is 0.433 e. The van der Waals surface area contributed by atoms with E-state index in [1.54, 1.807) is 11.9 Å². The SMILES string of the molecule is Cc1nc(C(F)(F)F)ccc1C(=O)Nc1cccc(S(=O)(=O)N=C2CCCN2C)c1. The molecule has 1 aliphatic heterocycles. The summed E-state index contributed by atoms with van der Waals surface area (Å²) in [5.41, 5.74) is -1.08. The fourth-order valence-electron chi connectivity index (χ4n) is 2.99. The zero-order valence-electron chi connectivity index (χ0n) is 16.2. The van der Waals surface area contributed by atoms with Gasteiger partial charge in [0.2, 0.25) is 0 Å². The quantitative estimate of drug-likeness (QED) is 0.786. The van der Waals surface area contributed by atoms with Crippen molar-refractivity contribution in [3.63, 3.8) is 0 Å². The summed E-state index contributed by atoms with van der Waals surface area (Å²) in [5, 5.41) is 2.49. The molecule has 3 rings (SSSR count). The second-order valence-corrected chi connectivity index (χ2v) is 8.42. The standard InChI is InChI=1S/C19H19F3N4O3S/c1-12-15(8-9-16(23-12)19(20,21)22)18(27)24-13-5-3-6-14(11-13)30(28,29)25-17-7-4-10-26(17)2/h3,5-6,8-9,11H,4,7,10H2,1-2H3,(H,24,27). The van der Waals surface area contributed by atoms with E-state index in [9.17, 15) is 26.4 Å². The summed E-state index contributed by atoms with van der Waals surface area (Å²) in [6.45, 7) is 2.02. The molecule has 1 fully saturated rings. The predicted molar refractivity (Wildman–Crippen MR) is 105 cm³/mol. The molecule has 1 aliphatic rings. The molecule has 0 radical (unpaired) electrons. The maximum atomic E-state index is 12.7. The van der Waals surface area contributed by atoms with E-state index in [-0.39, 0.29) is 21.8 Å². The zero-order valence-corrected chi connectivity index (χ0v) is 17.0. The molecule has 30 heavy (non-hydrogen) atoms. The number of anilines is 1. The lowest BCUT2D eigenvalue weighted by Crippen LogP contribution is -2.20. The van der Waals surface area contributed by atoms with Gasteiger partial charge in [-0.05, 0) is 43.7 Å². The Labute approximate surface area is 171 Å². The summed E-state index contributed by atoms with van der Waals surface area (Å²) in [4.78, 5) is 17.6. The number of nitrogens with one attached hydrogen (secondary N) is 1. The van der Waals surface area contributed by atoms with E-state index >= 15 is 0 Å². The Bertz CT molecular complexity index is 1110. The monoisotopic (exact) mass is 440 g/mol. The molecule has 0 saturated carbocycles. The number of aromatic nitrogens is 1. The molecule has 2 aromatic rings. The third-order valence-electron chi connectivity index (χ3n) is 4.57. The Morgan fingerprint density at radius 2 is 1.97 bits per heavy atom. The lowest BCUT2D eigenvalue weighted by Gasteiger charge is -2.12. The van der Waals surface area contributed by atoms with Crippen molar-refractivity contribution >= 4 is 27.5 Å². The number of carbonyl (C=O) groups is 1. The van der Waals surface area contributed by atoms with Crippen LogP contribution in [-0.4, -0.2) is 43.6 Å². The van der Waals surface area contributed by atoms with E-state index in [1.165, 1.54) is 31.2 Å². The first kappa shape index (κ1) is 21.8. The third kappa shape index (κ3) is 4.78. The molecule has 0 spiro atoms. The number of amides is 1. The van der Waals surface area contributed by atoms with Gasteiger partial charge in [0.25, 0.3) is 15.9 Å². The number of likely N-dealkylation sites (tertiary alicyclic amines) is 1. The van der Waals surface area contributed by atoms with E-state index in [0.717, 1.165) is 25.1 Å². The minimum Gasteiger partial charge on any atom is -0.362 e. The molecule has 0 bridgehead atoms. The van der Waals surface area contributed by atoms with Gasteiger partial charge in [0.1, 0.15) is 11.5 Å². The number of alkyl halides is 3. The number of hydrogen-bond donors (Lipinski definition) is 1. The molecule has 0 aliphatic carbocycles. The Hall–Kier alpha value is -2.95. The van der Waals surface area contributed by atoms with Gasteiger partial charge in [-0.25, -0.2) is 4.98 Å². The van der Waals surface area contributed by atoms with Crippen LogP contribution in [0.3, 0.4) is 0 Å². The average Bonchev–Trinajstić information content (AvgIpc) is 3.05. The molecule has 11 heteroatoms. The molecule has 1 saturated heterocycles. The molecular weight excluding hydrogens is 421 g/mol. The topological polar surface area (TPSA) is 91.7 Å². The number of aryl methyl sites for hydroxylation is 1. The molecule has 0 atom stereocenters. The third-order valence-corrected chi connectivity index (χ3v) is 5.87. The molecule has 1 aromatic heterocycles. The number of nitrogens with zero attached hydrogens (tertiary/aromatic N) is 3. The fourth-order valence-corrected chi connectivity index (χ4v) is 4.13. The van der Waals surface area contributed by atoms with E-state index in [0.29, 0.717) is 12.3 Å². The van der Waals surface area contributed by atoms with Crippen LogP contribution in [0.15, 0.2) is 45.7 Å². The first-order chi connectivity index (χ1) is 14.0. The van der Waals surface area contributed by atoms with E-state index < -0.39 is 27.8 Å². The van der Waals surface area contributed by atoms with Crippen LogP contribution >= 0.6 is 0 Å². The smallest absolute Gasteiger partial charge is 0.362 e. The molecule has 2 heterocycles. The molecule has 160 valence electrons. The molecule has 1 N–H and O–H groups in total. The second-order valence-electron chi connectivity index (χ2n) is 6.82. The van der Waals surface area contributed by atoms with Crippen molar-refractivity contribution in [1.82, 2.24) is 9.88 Å². The highest BCUT2D eigenvalue weighted by atomic mass is 32.2. The van der Waals surface area contributed by atoms with Crippen molar-refractivity contribution in [3.8, 4) is 0 Å². The van der Waals surface area contributed by atoms with E-state index in [1.807, 2.05) is 0 Å². The van der Waals surface area contributed by atoms with Crippen molar-refractivity contribution in [2.45, 2.75) is 30.8 Å². The van der Waals surface area contributed by atoms with Crippen LogP contribution in [-0.2, 0) is 16.2 Å². The Morgan fingerprint density at radius 1 is 1.23 bits per heavy atom. The normalized spacial score (nSPS) is 16.2. The number of halogens is 3. The predicted octanol–water partition coefficient (Wildman–Crippen LogP) is 3.47. The summed E-state index contributed by atoms with van der Waals surface area (Å²) >= 11 is 0. The van der Waals surface area contributed by atoms with Gasteiger partial charge in [-0.3, -0.25) is 4.79 Å². The van der Waals surface area contributed by atoms with Gasteiger partial charge < -0.3 is 10.2 Å². The van der Waals surface area contributed by atoms with E-state index in [2.05, 4.69) is 14.7 Å². The molecule has 0 unspecified atom stereocenters. The van der Waals surface area contributed by atoms with Gasteiger partial charge in [0.05, 0.1) is 16.2 Å². The van der Waals surface area contributed by atoms with Gasteiger partial charge >= 0.3 is 6.18 Å². The molecule has 7 nitrogen and oxygen atoms in total. The highest BCUT2D eigenvalue weighted by Gasteiger charge is 2.33. The van der Waals surface area contributed by atoms with Crippen LogP contribution in [0.1, 0.15) is 34.6 Å². The number of sulfonamides is 1. The van der Waals surface area contributed by atoms with Gasteiger partial charge in [-0.15, -0.1) is 4.40 Å². The van der Waals surface area contributed by atoms with Crippen LogP contribution in [0, 0.1) is 6.92 Å². The Morgan fingerprint density at radius 3 is 2.57 bits per heavy atom. The number of benzene rings is 1. The first-order valence-electron chi connectivity index (χ1n) is 8.98. The lowest BCUT2D eigenvalue weighted by atomic mass is 10.1. The maximum absolute atomic E-state index is 12.7. The van der Waals surface area contributed by atoms with Gasteiger partial charge in [0.15, 0.2) is 0 Å². The lowest BCUT2D eigenvalue weighted by molar-refractivity contribution is -0.141. The van der Waals surface area contributed by atoms with Crippen molar-refractivity contribution < 1.29 is 26.4 Å². The molecular formula is C19H19F3N4O3S. The van der Waals surface area contributed by atoms with Crippen molar-refractivity contribution in [2.75, 3.05) is 18.9 Å². The molecule has 1 amide bonds. The Kier molecular flexibility index (Phi) is 5.84. The number of rotatable bonds is 4. The van der Waals surface area contributed by atoms with Crippen molar-refractivity contribution in [1.29, 1.82) is 0 Å². The summed E-state index contributed by atoms with van der Waals surface area (Å²) in [6, 6.07) is 7.27. The summed E-state index contributed by atoms with van der Waals surface area (Å²) in [6.07, 6.45) is -3.23. The summed E-state index contributed by atoms with van der Waals surface area (Å²) in [7, 11) is -2.21. The van der Waals surface area contributed by atoms with Gasteiger partial charge in [0, 0.05) is 25.7 Å². The minimum atomic E-state index is -4.61. The number of carbonyl (C=O) groups excluding carboxylic acids is 1. The average molecular weight is 440 g/mol. The van der Waals surface area contributed by atoms with Crippen LogP contribution in [0.4, 0.5) is 18.9 Å².